The molecular formula is C24H24N2O5S3. The van der Waals surface area contributed by atoms with Crippen molar-refractivity contribution in [2.45, 2.75) is 32.6 Å². The van der Waals surface area contributed by atoms with Gasteiger partial charge in [0.2, 0.25) is 5.91 Å². The van der Waals surface area contributed by atoms with Crippen molar-refractivity contribution in [2.75, 3.05) is 25.6 Å². The molecule has 1 aliphatic carbocycles. The third-order valence-corrected chi connectivity index (χ3v) is 8.08. The number of nitrogens with one attached hydrogen (secondary N) is 1. The number of thioether (sulfide) groups is 1. The topological polar surface area (TPSA) is 84.9 Å². The molecule has 1 aliphatic heterocycles. The number of thiophene rings is 1. The van der Waals surface area contributed by atoms with E-state index in [1.54, 1.807) is 20.1 Å². The van der Waals surface area contributed by atoms with Crippen LogP contribution in [0.2, 0.25) is 0 Å². The quantitative estimate of drug-likeness (QED) is 0.326. The fourth-order valence-corrected chi connectivity index (χ4v) is 6.42. The van der Waals surface area contributed by atoms with Crippen LogP contribution in [-0.4, -0.2) is 47.3 Å². The number of fused-ring (bicyclic) bond motifs is 1. The van der Waals surface area contributed by atoms with Crippen LogP contribution in [0, 0.1) is 0 Å². The van der Waals surface area contributed by atoms with Gasteiger partial charge in [-0.25, -0.2) is 4.79 Å². The Bertz CT molecular complexity index is 1170. The summed E-state index contributed by atoms with van der Waals surface area (Å²) in [5.41, 5.74) is 2.24. The van der Waals surface area contributed by atoms with Crippen LogP contribution in [0.5, 0.6) is 5.75 Å². The molecule has 10 heteroatoms. The van der Waals surface area contributed by atoms with Crippen LogP contribution in [0.25, 0.3) is 6.08 Å². The molecule has 2 heterocycles. The molecular weight excluding hydrogens is 492 g/mol. The molecule has 2 aliphatic rings. The van der Waals surface area contributed by atoms with Crippen molar-refractivity contribution >= 4 is 68.5 Å². The second-order valence-electron chi connectivity index (χ2n) is 7.72. The third-order valence-electron chi connectivity index (χ3n) is 5.49. The number of hydrogen-bond donors (Lipinski definition) is 1. The molecule has 1 saturated heterocycles. The standard InChI is InChI=1S/C24H24N2O5S3/c1-3-31-23(29)20-16-6-4-5-7-17(16)33-21(20)25-19(27)13-26-22(28)18(34-24(26)32)12-14-8-10-15(30-2)11-9-14/h8-12H,3-7,13H2,1-2H3,(H,25,27)/b18-12+. The monoisotopic (exact) mass is 516 g/mol. The van der Waals surface area contributed by atoms with Crippen LogP contribution >= 0.6 is 35.3 Å². The summed E-state index contributed by atoms with van der Waals surface area (Å²) in [5.74, 6) is -0.438. The lowest BCUT2D eigenvalue weighted by Gasteiger charge is -2.14. The number of methoxy groups -OCH3 is 1. The van der Waals surface area contributed by atoms with Crippen molar-refractivity contribution < 1.29 is 23.9 Å². The van der Waals surface area contributed by atoms with E-state index in [1.165, 1.54) is 16.2 Å². The van der Waals surface area contributed by atoms with Gasteiger partial charge in [-0.2, -0.15) is 0 Å². The first kappa shape index (κ1) is 24.4. The molecule has 4 rings (SSSR count). The number of hydrogen-bond acceptors (Lipinski definition) is 8. The number of carbonyl (C=O) groups excluding carboxylic acids is 3. The van der Waals surface area contributed by atoms with Gasteiger partial charge in [0.1, 0.15) is 21.6 Å². The maximum Gasteiger partial charge on any atom is 0.341 e. The SMILES string of the molecule is CCOC(=O)c1c(NC(=O)CN2C(=O)/C(=C\c3ccc(OC)cc3)SC2=S)sc2c1CCCC2. The molecule has 7 nitrogen and oxygen atoms in total. The maximum absolute atomic E-state index is 12.9. The van der Waals surface area contributed by atoms with E-state index in [2.05, 4.69) is 5.32 Å². The van der Waals surface area contributed by atoms with Crippen molar-refractivity contribution in [1.82, 2.24) is 4.90 Å². The van der Waals surface area contributed by atoms with Crippen LogP contribution < -0.4 is 10.1 Å². The number of anilines is 1. The van der Waals surface area contributed by atoms with E-state index < -0.39 is 11.9 Å². The highest BCUT2D eigenvalue weighted by molar-refractivity contribution is 8.26. The van der Waals surface area contributed by atoms with Gasteiger partial charge in [-0.3, -0.25) is 14.5 Å². The van der Waals surface area contributed by atoms with Gasteiger partial charge in [0.05, 0.1) is 24.2 Å². The number of rotatable bonds is 7. The highest BCUT2D eigenvalue weighted by atomic mass is 32.2. The summed E-state index contributed by atoms with van der Waals surface area (Å²) in [4.78, 5) is 41.3. The predicted octanol–water partition coefficient (Wildman–Crippen LogP) is 4.65. The minimum Gasteiger partial charge on any atom is -0.497 e. The van der Waals surface area contributed by atoms with Gasteiger partial charge in [-0.15, -0.1) is 11.3 Å². The molecule has 0 radical (unpaired) electrons. The molecule has 0 unspecified atom stereocenters. The first-order valence-electron chi connectivity index (χ1n) is 10.9. The van der Waals surface area contributed by atoms with Gasteiger partial charge in [0.25, 0.3) is 5.91 Å². The predicted molar refractivity (Wildman–Crippen MR) is 138 cm³/mol. The Morgan fingerprint density at radius 2 is 1.94 bits per heavy atom. The summed E-state index contributed by atoms with van der Waals surface area (Å²) in [6.45, 7) is 1.78. The van der Waals surface area contributed by atoms with E-state index in [9.17, 15) is 14.4 Å². The number of amides is 2. The van der Waals surface area contributed by atoms with Crippen LogP contribution in [-0.2, 0) is 27.2 Å². The van der Waals surface area contributed by atoms with Gasteiger partial charge in [0.15, 0.2) is 0 Å². The largest absolute Gasteiger partial charge is 0.497 e. The number of thiocarbonyl (C=S) groups is 1. The van der Waals surface area contributed by atoms with Crippen molar-refractivity contribution in [3.05, 3.63) is 50.7 Å². The minimum absolute atomic E-state index is 0.227. The van der Waals surface area contributed by atoms with E-state index in [4.69, 9.17) is 21.7 Å². The molecule has 2 amide bonds. The smallest absolute Gasteiger partial charge is 0.341 e. The zero-order valence-electron chi connectivity index (χ0n) is 18.8. The number of aryl methyl sites for hydroxylation is 1. The van der Waals surface area contributed by atoms with Crippen LogP contribution in [0.15, 0.2) is 29.2 Å². The molecule has 34 heavy (non-hydrogen) atoms. The van der Waals surface area contributed by atoms with E-state index in [1.807, 2.05) is 24.3 Å². The highest BCUT2D eigenvalue weighted by Crippen LogP contribution is 2.39. The fourth-order valence-electron chi connectivity index (χ4n) is 3.87. The average molecular weight is 517 g/mol. The van der Waals surface area contributed by atoms with Gasteiger partial charge in [-0.05, 0) is 61.9 Å². The Kier molecular flexibility index (Phi) is 7.70. The summed E-state index contributed by atoms with van der Waals surface area (Å²) in [5, 5.41) is 3.32. The van der Waals surface area contributed by atoms with Crippen molar-refractivity contribution in [3.63, 3.8) is 0 Å². The fraction of sp³-hybridized carbons (Fsp3) is 0.333. The Hall–Kier alpha value is -2.69. The number of carbonyl (C=O) groups is 3. The summed E-state index contributed by atoms with van der Waals surface area (Å²) < 4.78 is 10.7. The van der Waals surface area contributed by atoms with E-state index in [0.29, 0.717) is 19.8 Å². The molecule has 1 aromatic carbocycles. The van der Waals surface area contributed by atoms with Crippen molar-refractivity contribution in [3.8, 4) is 5.75 Å². The second kappa shape index (κ2) is 10.7. The van der Waals surface area contributed by atoms with Gasteiger partial charge in [0, 0.05) is 4.88 Å². The van der Waals surface area contributed by atoms with Crippen LogP contribution in [0.3, 0.4) is 0 Å². The van der Waals surface area contributed by atoms with E-state index in [0.717, 1.165) is 59.2 Å². The maximum atomic E-state index is 12.9. The Morgan fingerprint density at radius 3 is 2.65 bits per heavy atom. The van der Waals surface area contributed by atoms with Crippen molar-refractivity contribution in [1.29, 1.82) is 0 Å². The molecule has 1 fully saturated rings. The number of benzene rings is 1. The molecule has 1 N–H and O–H groups in total. The van der Waals surface area contributed by atoms with E-state index in [-0.39, 0.29) is 19.1 Å². The highest BCUT2D eigenvalue weighted by Gasteiger charge is 2.34. The van der Waals surface area contributed by atoms with Crippen LogP contribution in [0.1, 0.15) is 46.1 Å². The molecule has 178 valence electrons. The number of esters is 1. The zero-order chi connectivity index (χ0) is 24.2. The molecule has 0 bridgehead atoms. The Balaban J connectivity index is 1.48. The third kappa shape index (κ3) is 5.18. The lowest BCUT2D eigenvalue weighted by Crippen LogP contribution is -2.36. The second-order valence-corrected chi connectivity index (χ2v) is 10.5. The first-order valence-corrected chi connectivity index (χ1v) is 13.0. The molecule has 0 atom stereocenters. The lowest BCUT2D eigenvalue weighted by atomic mass is 9.95. The Morgan fingerprint density at radius 1 is 1.21 bits per heavy atom. The van der Waals surface area contributed by atoms with Crippen molar-refractivity contribution in [2.24, 2.45) is 0 Å². The lowest BCUT2D eigenvalue weighted by molar-refractivity contribution is -0.126. The summed E-state index contributed by atoms with van der Waals surface area (Å²) in [6.07, 6.45) is 5.47. The Labute approximate surface area is 211 Å². The summed E-state index contributed by atoms with van der Waals surface area (Å²) in [7, 11) is 1.59. The number of nitrogens with zero attached hydrogens (tertiary/aromatic N) is 1. The van der Waals surface area contributed by atoms with Gasteiger partial charge in [-0.1, -0.05) is 36.1 Å². The molecule has 2 aromatic rings. The molecule has 0 spiro atoms. The minimum atomic E-state index is -0.426. The van der Waals surface area contributed by atoms with Crippen LogP contribution in [0.4, 0.5) is 5.00 Å². The van der Waals surface area contributed by atoms with Gasteiger partial charge < -0.3 is 14.8 Å². The number of ether oxygens (including phenoxy) is 2. The van der Waals surface area contributed by atoms with E-state index >= 15 is 0 Å². The molecule has 0 saturated carbocycles. The summed E-state index contributed by atoms with van der Waals surface area (Å²) in [6, 6.07) is 7.30. The molecule has 1 aromatic heterocycles. The average Bonchev–Trinajstić information content (AvgIpc) is 3.31. The normalized spacial score (nSPS) is 16.5. The first-order chi connectivity index (χ1) is 16.4. The van der Waals surface area contributed by atoms with Gasteiger partial charge >= 0.3 is 5.97 Å². The summed E-state index contributed by atoms with van der Waals surface area (Å²) >= 11 is 7.93. The zero-order valence-corrected chi connectivity index (χ0v) is 21.3.